The van der Waals surface area contributed by atoms with Gasteiger partial charge in [0.2, 0.25) is 0 Å². The van der Waals surface area contributed by atoms with Gasteiger partial charge in [-0.25, -0.2) is 4.79 Å². The first-order valence-corrected chi connectivity index (χ1v) is 10.6. The molecule has 1 aliphatic heterocycles. The summed E-state index contributed by atoms with van der Waals surface area (Å²) < 4.78 is 11.5. The predicted molar refractivity (Wildman–Crippen MR) is 116 cm³/mol. The third-order valence-corrected chi connectivity index (χ3v) is 5.39. The topological polar surface area (TPSA) is 96.6 Å². The van der Waals surface area contributed by atoms with Crippen molar-refractivity contribution in [2.45, 2.75) is 44.1 Å². The van der Waals surface area contributed by atoms with Crippen molar-refractivity contribution >= 4 is 6.03 Å². The van der Waals surface area contributed by atoms with Crippen LogP contribution in [0.1, 0.15) is 24.1 Å². The Morgan fingerprint density at radius 3 is 2.55 bits per heavy atom. The number of aromatic nitrogens is 1. The minimum absolute atomic E-state index is 0.0868. The number of ether oxygens (including phenoxy) is 1. The van der Waals surface area contributed by atoms with Crippen molar-refractivity contribution in [1.82, 2.24) is 15.8 Å². The molecule has 0 saturated carbocycles. The van der Waals surface area contributed by atoms with Gasteiger partial charge in [-0.2, -0.15) is 0 Å². The third-order valence-electron chi connectivity index (χ3n) is 5.39. The fourth-order valence-electron chi connectivity index (χ4n) is 3.70. The number of aliphatic hydroxyl groups is 1. The Balaban J connectivity index is 1.25. The minimum Gasteiger partial charge on any atom is -0.390 e. The molecule has 3 aromatic rings. The van der Waals surface area contributed by atoms with Crippen LogP contribution in [0.5, 0.6) is 0 Å². The van der Waals surface area contributed by atoms with Gasteiger partial charge in [-0.15, -0.1) is 0 Å². The highest BCUT2D eigenvalue weighted by Gasteiger charge is 2.30. The molecule has 2 heterocycles. The number of aliphatic hydroxyl groups excluding tert-OH is 1. The van der Waals surface area contributed by atoms with Gasteiger partial charge in [0, 0.05) is 31.1 Å². The first kappa shape index (κ1) is 21.1. The smallest absolute Gasteiger partial charge is 0.315 e. The summed E-state index contributed by atoms with van der Waals surface area (Å²) in [6, 6.07) is 21.1. The van der Waals surface area contributed by atoms with Crippen LogP contribution in [0.25, 0.3) is 11.3 Å². The first-order valence-electron chi connectivity index (χ1n) is 10.6. The Hall–Kier alpha value is -3.16. The summed E-state index contributed by atoms with van der Waals surface area (Å²) in [5.74, 6) is 0.722. The van der Waals surface area contributed by atoms with Crippen LogP contribution in [-0.2, 0) is 17.7 Å². The summed E-state index contributed by atoms with van der Waals surface area (Å²) in [4.78, 5) is 12.1. The largest absolute Gasteiger partial charge is 0.390 e. The zero-order valence-electron chi connectivity index (χ0n) is 17.2. The number of nitrogens with one attached hydrogen (secondary N) is 2. The fourth-order valence-corrected chi connectivity index (χ4v) is 3.70. The normalized spacial score (nSPS) is 20.9. The number of urea groups is 1. The van der Waals surface area contributed by atoms with Crippen molar-refractivity contribution in [3.05, 3.63) is 78.0 Å². The molecular weight excluding hydrogens is 394 g/mol. The molecule has 0 spiro atoms. The summed E-state index contributed by atoms with van der Waals surface area (Å²) in [5, 5.41) is 20.1. The van der Waals surface area contributed by atoms with Gasteiger partial charge in [0.05, 0.1) is 17.9 Å². The Kier molecular flexibility index (Phi) is 6.96. The molecule has 0 radical (unpaired) electrons. The number of benzene rings is 2. The van der Waals surface area contributed by atoms with Crippen molar-refractivity contribution in [2.75, 3.05) is 6.54 Å². The lowest BCUT2D eigenvalue weighted by Gasteiger charge is -2.33. The molecule has 1 fully saturated rings. The van der Waals surface area contributed by atoms with Crippen LogP contribution in [0.4, 0.5) is 4.79 Å². The van der Waals surface area contributed by atoms with Gasteiger partial charge in [0.1, 0.15) is 6.10 Å². The number of carbonyl (C=O) groups excluding carboxylic acids is 1. The Bertz CT molecular complexity index is 961. The minimum atomic E-state index is -0.608. The molecular formula is C24H27N3O4. The van der Waals surface area contributed by atoms with Crippen LogP contribution >= 0.6 is 0 Å². The van der Waals surface area contributed by atoms with Crippen LogP contribution in [0, 0.1) is 0 Å². The molecule has 2 aromatic carbocycles. The number of hydrogen-bond acceptors (Lipinski definition) is 5. The molecule has 2 amide bonds. The van der Waals surface area contributed by atoms with Crippen LogP contribution in [0.15, 0.2) is 71.3 Å². The summed E-state index contributed by atoms with van der Waals surface area (Å²) in [6.07, 6.45) is 0.790. The second-order valence-electron chi connectivity index (χ2n) is 7.74. The highest BCUT2D eigenvalue weighted by molar-refractivity contribution is 5.73. The number of amides is 2. The van der Waals surface area contributed by atoms with Crippen molar-refractivity contribution in [3.63, 3.8) is 0 Å². The molecule has 7 heteroatoms. The lowest BCUT2D eigenvalue weighted by Crippen LogP contribution is -2.48. The second-order valence-corrected chi connectivity index (χ2v) is 7.74. The van der Waals surface area contributed by atoms with E-state index in [4.69, 9.17) is 9.26 Å². The molecule has 1 saturated heterocycles. The van der Waals surface area contributed by atoms with E-state index < -0.39 is 12.2 Å². The molecule has 0 bridgehead atoms. The van der Waals surface area contributed by atoms with Crippen molar-refractivity contribution in [1.29, 1.82) is 0 Å². The zero-order chi connectivity index (χ0) is 21.5. The van der Waals surface area contributed by atoms with Gasteiger partial charge in [-0.3, -0.25) is 0 Å². The lowest BCUT2D eigenvalue weighted by molar-refractivity contribution is -0.113. The van der Waals surface area contributed by atoms with E-state index >= 15 is 0 Å². The fraction of sp³-hybridized carbons (Fsp3) is 0.333. The standard InChI is InChI=1S/C24H27N3O4/c28-21-12-11-20(13-19-14-22(31-27-19)18-9-5-2-6-10-18)30-23(21)16-26-24(29)25-15-17-7-3-1-4-8-17/h1-10,14,20-21,23,28H,11-13,15-16H2,(H2,25,26,29)/t20-,21-,23+/m0/s1. The zero-order valence-corrected chi connectivity index (χ0v) is 17.2. The SMILES string of the molecule is O=C(NCc1ccccc1)NC[C@H]1O[C@H](Cc2cc(-c3ccccc3)on2)CC[C@@H]1O. The number of hydrogen-bond donors (Lipinski definition) is 3. The van der Waals surface area contributed by atoms with Gasteiger partial charge < -0.3 is 25.0 Å². The molecule has 31 heavy (non-hydrogen) atoms. The van der Waals surface area contributed by atoms with E-state index in [1.54, 1.807) is 0 Å². The van der Waals surface area contributed by atoms with Crippen molar-refractivity contribution in [3.8, 4) is 11.3 Å². The molecule has 3 N–H and O–H groups in total. The molecule has 4 rings (SSSR count). The molecule has 0 unspecified atom stereocenters. The van der Waals surface area contributed by atoms with E-state index in [-0.39, 0.29) is 18.7 Å². The summed E-state index contributed by atoms with van der Waals surface area (Å²) in [5.41, 5.74) is 2.81. The van der Waals surface area contributed by atoms with Crippen molar-refractivity contribution in [2.24, 2.45) is 0 Å². The van der Waals surface area contributed by atoms with E-state index in [9.17, 15) is 9.90 Å². The maximum Gasteiger partial charge on any atom is 0.315 e. The van der Waals surface area contributed by atoms with E-state index in [1.165, 1.54) is 0 Å². The third kappa shape index (κ3) is 5.93. The van der Waals surface area contributed by atoms with Crippen LogP contribution in [0.3, 0.4) is 0 Å². The van der Waals surface area contributed by atoms with E-state index in [0.29, 0.717) is 19.4 Å². The number of rotatable bonds is 7. The molecule has 1 aromatic heterocycles. The lowest BCUT2D eigenvalue weighted by atomic mass is 9.98. The van der Waals surface area contributed by atoms with Gasteiger partial charge in [-0.05, 0) is 18.4 Å². The highest BCUT2D eigenvalue weighted by Crippen LogP contribution is 2.25. The predicted octanol–water partition coefficient (Wildman–Crippen LogP) is 3.29. The first-order chi connectivity index (χ1) is 15.2. The Labute approximate surface area is 181 Å². The van der Waals surface area contributed by atoms with Crippen LogP contribution in [0.2, 0.25) is 0 Å². The van der Waals surface area contributed by atoms with Crippen molar-refractivity contribution < 1.29 is 19.2 Å². The number of carbonyl (C=O) groups is 1. The molecule has 3 atom stereocenters. The summed E-state index contributed by atoms with van der Waals surface area (Å²) in [6.45, 7) is 0.686. The molecule has 162 valence electrons. The Morgan fingerprint density at radius 1 is 1.03 bits per heavy atom. The van der Waals surface area contributed by atoms with Crippen LogP contribution < -0.4 is 10.6 Å². The van der Waals surface area contributed by atoms with Gasteiger partial charge in [-0.1, -0.05) is 65.8 Å². The van der Waals surface area contributed by atoms with E-state index in [2.05, 4.69) is 15.8 Å². The van der Waals surface area contributed by atoms with E-state index in [1.807, 2.05) is 66.7 Å². The van der Waals surface area contributed by atoms with Gasteiger partial charge in [0.15, 0.2) is 5.76 Å². The average molecular weight is 421 g/mol. The van der Waals surface area contributed by atoms with Gasteiger partial charge >= 0.3 is 6.03 Å². The maximum atomic E-state index is 12.1. The number of nitrogens with zero attached hydrogens (tertiary/aromatic N) is 1. The monoisotopic (exact) mass is 421 g/mol. The maximum absolute atomic E-state index is 12.1. The van der Waals surface area contributed by atoms with E-state index in [0.717, 1.165) is 29.0 Å². The van der Waals surface area contributed by atoms with Gasteiger partial charge in [0.25, 0.3) is 0 Å². The summed E-state index contributed by atoms with van der Waals surface area (Å²) >= 11 is 0. The second kappa shape index (κ2) is 10.2. The molecule has 7 nitrogen and oxygen atoms in total. The highest BCUT2D eigenvalue weighted by atomic mass is 16.5. The average Bonchev–Trinajstić information content (AvgIpc) is 3.28. The molecule has 1 aliphatic rings. The van der Waals surface area contributed by atoms with Crippen LogP contribution in [-0.4, -0.2) is 41.2 Å². The molecule has 0 aliphatic carbocycles. The quantitative estimate of drug-likeness (QED) is 0.544. The summed E-state index contributed by atoms with van der Waals surface area (Å²) in [7, 11) is 0. The Morgan fingerprint density at radius 2 is 1.77 bits per heavy atom.